The number of anilines is 1. The second-order valence-electron chi connectivity index (χ2n) is 9.36. The lowest BCUT2D eigenvalue weighted by molar-refractivity contribution is 0.565. The lowest BCUT2D eigenvalue weighted by Crippen LogP contribution is -2.29. The van der Waals surface area contributed by atoms with Crippen LogP contribution in [-0.4, -0.2) is 14.7 Å². The van der Waals surface area contributed by atoms with E-state index in [9.17, 15) is 0 Å². The monoisotopic (exact) mass is 544 g/mol. The molecule has 0 unspecified atom stereocenters. The number of nitrogens with zero attached hydrogens (tertiary/aromatic N) is 3. The van der Waals surface area contributed by atoms with E-state index in [2.05, 4.69) is 113 Å². The number of aryl methyl sites for hydroxylation is 1. The van der Waals surface area contributed by atoms with E-state index >= 15 is 0 Å². The summed E-state index contributed by atoms with van der Waals surface area (Å²) in [5, 5.41) is 4.30. The van der Waals surface area contributed by atoms with Crippen LogP contribution in [0, 0.1) is 13.8 Å². The highest BCUT2D eigenvalue weighted by atomic mass is 79.9. The van der Waals surface area contributed by atoms with E-state index in [1.165, 1.54) is 22.5 Å². The quantitative estimate of drug-likeness (QED) is 0.263. The fourth-order valence-electron chi connectivity index (χ4n) is 5.06. The zero-order valence-electron chi connectivity index (χ0n) is 20.4. The van der Waals surface area contributed by atoms with Crippen molar-refractivity contribution < 1.29 is 0 Å². The molecule has 0 saturated carbocycles. The number of pyridine rings is 1. The van der Waals surface area contributed by atoms with Gasteiger partial charge >= 0.3 is 0 Å². The Kier molecular flexibility index (Phi) is 6.51. The topological polar surface area (TPSA) is 33.1 Å². The molecule has 6 heteroatoms. The van der Waals surface area contributed by atoms with Gasteiger partial charge in [-0.25, -0.2) is 0 Å². The van der Waals surface area contributed by atoms with Gasteiger partial charge in [0.05, 0.1) is 23.5 Å². The van der Waals surface area contributed by atoms with E-state index in [0.29, 0.717) is 11.0 Å². The minimum atomic E-state index is -0.0679. The first-order valence-electron chi connectivity index (χ1n) is 11.9. The second kappa shape index (κ2) is 9.59. The normalized spacial score (nSPS) is 17.8. The van der Waals surface area contributed by atoms with Crippen LogP contribution >= 0.6 is 28.1 Å². The fraction of sp³-hybridized carbons (Fsp3) is 0.241. The Morgan fingerprint density at radius 1 is 0.971 bits per heavy atom. The molecule has 3 heterocycles. The van der Waals surface area contributed by atoms with Crippen LogP contribution in [0.2, 0.25) is 0 Å². The van der Waals surface area contributed by atoms with Crippen LogP contribution in [0.4, 0.5) is 5.69 Å². The van der Waals surface area contributed by atoms with Crippen LogP contribution in [0.25, 0.3) is 5.69 Å². The van der Waals surface area contributed by atoms with E-state index in [1.54, 1.807) is 0 Å². The summed E-state index contributed by atoms with van der Waals surface area (Å²) in [5.41, 5.74) is 8.11. The lowest BCUT2D eigenvalue weighted by atomic mass is 9.96. The summed E-state index contributed by atoms with van der Waals surface area (Å²) in [6.45, 7) is 8.79. The molecule has 0 radical (unpaired) electrons. The number of para-hydroxylation sites is 1. The van der Waals surface area contributed by atoms with Crippen LogP contribution in [0.1, 0.15) is 60.1 Å². The molecule has 1 saturated heterocycles. The molecule has 4 nitrogen and oxygen atoms in total. The van der Waals surface area contributed by atoms with Crippen LogP contribution in [0.3, 0.4) is 0 Å². The third kappa shape index (κ3) is 4.30. The molecule has 1 N–H and O–H groups in total. The highest BCUT2D eigenvalue weighted by Gasteiger charge is 2.42. The maximum Gasteiger partial charge on any atom is 0.174 e. The molecule has 1 aliphatic heterocycles. The van der Waals surface area contributed by atoms with Crippen molar-refractivity contribution in [3.05, 3.63) is 112 Å². The highest BCUT2D eigenvalue weighted by molar-refractivity contribution is 9.10. The zero-order chi connectivity index (χ0) is 24.7. The molecular formula is C29H29BrN4S. The summed E-state index contributed by atoms with van der Waals surface area (Å²) in [6.07, 6.45) is 1.85. The molecule has 1 aliphatic rings. The first kappa shape index (κ1) is 23.8. The first-order valence-corrected chi connectivity index (χ1v) is 13.1. The minimum absolute atomic E-state index is 0.0373. The Bertz CT molecular complexity index is 1360. The van der Waals surface area contributed by atoms with Gasteiger partial charge in [0, 0.05) is 27.7 Å². The van der Waals surface area contributed by atoms with Crippen molar-refractivity contribution in [2.75, 3.05) is 4.90 Å². The first-order chi connectivity index (χ1) is 16.9. The number of nitrogens with one attached hydrogen (secondary N) is 1. The average Bonchev–Trinajstić information content (AvgIpc) is 3.35. The van der Waals surface area contributed by atoms with Gasteiger partial charge in [-0.15, -0.1) is 0 Å². The molecule has 178 valence electrons. The van der Waals surface area contributed by atoms with Crippen molar-refractivity contribution in [3.8, 4) is 5.69 Å². The Hall–Kier alpha value is -2.96. The Morgan fingerprint density at radius 3 is 2.34 bits per heavy atom. The third-order valence-electron chi connectivity index (χ3n) is 6.82. The van der Waals surface area contributed by atoms with Gasteiger partial charge in [-0.1, -0.05) is 44.2 Å². The summed E-state index contributed by atoms with van der Waals surface area (Å²) in [5.74, 6) is 0.480. The molecule has 2 atom stereocenters. The van der Waals surface area contributed by atoms with Crippen molar-refractivity contribution in [3.63, 3.8) is 0 Å². The van der Waals surface area contributed by atoms with Gasteiger partial charge in [-0.3, -0.25) is 4.98 Å². The van der Waals surface area contributed by atoms with E-state index in [4.69, 9.17) is 17.2 Å². The number of aromatic nitrogens is 2. The number of benzene rings is 2. The van der Waals surface area contributed by atoms with Crippen molar-refractivity contribution >= 4 is 38.9 Å². The molecule has 4 aromatic rings. The largest absolute Gasteiger partial charge is 0.351 e. The number of hydrogen-bond acceptors (Lipinski definition) is 2. The second-order valence-corrected chi connectivity index (χ2v) is 10.6. The molecule has 5 rings (SSSR count). The van der Waals surface area contributed by atoms with Crippen molar-refractivity contribution in [1.29, 1.82) is 0 Å². The summed E-state index contributed by atoms with van der Waals surface area (Å²) in [7, 11) is 0. The van der Waals surface area contributed by atoms with Crippen LogP contribution in [0.5, 0.6) is 0 Å². The van der Waals surface area contributed by atoms with E-state index in [0.717, 1.165) is 21.5 Å². The summed E-state index contributed by atoms with van der Waals surface area (Å²) >= 11 is 9.68. The zero-order valence-corrected chi connectivity index (χ0v) is 22.8. The predicted octanol–water partition coefficient (Wildman–Crippen LogP) is 7.55. The van der Waals surface area contributed by atoms with Gasteiger partial charge in [0.1, 0.15) is 0 Å². The molecule has 35 heavy (non-hydrogen) atoms. The van der Waals surface area contributed by atoms with Gasteiger partial charge in [0.2, 0.25) is 0 Å². The molecule has 2 aromatic carbocycles. The van der Waals surface area contributed by atoms with Gasteiger partial charge in [0.25, 0.3) is 0 Å². The van der Waals surface area contributed by atoms with E-state index < -0.39 is 0 Å². The maximum atomic E-state index is 5.93. The molecule has 1 fully saturated rings. The van der Waals surface area contributed by atoms with Crippen molar-refractivity contribution in [2.45, 2.75) is 45.7 Å². The maximum absolute atomic E-state index is 5.93. The SMILES string of the molecule is Cc1cc([C@@H]2[C@@H](c3ccccn3)NC(=S)N2c2ccc(C(C)C)cc2)c(C)n1-c1ccccc1Br. The Labute approximate surface area is 221 Å². The molecule has 0 spiro atoms. The molecule has 2 aromatic heterocycles. The van der Waals surface area contributed by atoms with Gasteiger partial charge < -0.3 is 14.8 Å². The molecule has 0 aliphatic carbocycles. The van der Waals surface area contributed by atoms with Crippen molar-refractivity contribution in [2.24, 2.45) is 0 Å². The molecule has 0 bridgehead atoms. The van der Waals surface area contributed by atoms with E-state index in [-0.39, 0.29) is 12.1 Å². The average molecular weight is 546 g/mol. The van der Waals surface area contributed by atoms with E-state index in [1.807, 2.05) is 24.4 Å². The summed E-state index contributed by atoms with van der Waals surface area (Å²) < 4.78 is 3.38. The van der Waals surface area contributed by atoms with Crippen LogP contribution in [-0.2, 0) is 0 Å². The Balaban J connectivity index is 1.67. The minimum Gasteiger partial charge on any atom is -0.351 e. The van der Waals surface area contributed by atoms with Gasteiger partial charge in [-0.05, 0) is 102 Å². The van der Waals surface area contributed by atoms with Crippen LogP contribution in [0.15, 0.2) is 83.5 Å². The van der Waals surface area contributed by atoms with Gasteiger partial charge in [-0.2, -0.15) is 0 Å². The molecular weight excluding hydrogens is 516 g/mol. The Morgan fingerprint density at radius 2 is 1.69 bits per heavy atom. The lowest BCUT2D eigenvalue weighted by Gasteiger charge is -2.28. The van der Waals surface area contributed by atoms with Gasteiger partial charge in [0.15, 0.2) is 5.11 Å². The van der Waals surface area contributed by atoms with Crippen molar-refractivity contribution in [1.82, 2.24) is 14.9 Å². The summed E-state index contributed by atoms with van der Waals surface area (Å²) in [6, 6.07) is 25.4. The number of rotatable bonds is 5. The smallest absolute Gasteiger partial charge is 0.174 e. The fourth-order valence-corrected chi connectivity index (χ4v) is 5.87. The third-order valence-corrected chi connectivity index (χ3v) is 7.80. The number of hydrogen-bond donors (Lipinski definition) is 1. The number of halogens is 1. The molecule has 0 amide bonds. The number of thiocarbonyl (C=S) groups is 1. The summed E-state index contributed by atoms with van der Waals surface area (Å²) in [4.78, 5) is 6.96. The standard InChI is InChI=1S/C29H29BrN4S/c1-18(2)21-12-14-22(15-13-21)34-28(27(32-29(34)35)25-10-7-8-16-31-25)23-17-19(3)33(20(23)4)26-11-6-5-9-24(26)30/h5-18,27-28H,1-4H3,(H,32,35)/t27-,28-/m1/s1. The van der Waals surface area contributed by atoms with Crippen LogP contribution < -0.4 is 10.2 Å². The highest BCUT2D eigenvalue weighted by Crippen LogP contribution is 2.44. The predicted molar refractivity (Wildman–Crippen MR) is 151 cm³/mol.